The minimum absolute atomic E-state index is 0.286. The Hall–Kier alpha value is -1.74. The van der Waals surface area contributed by atoms with Crippen LogP contribution in [-0.2, 0) is 0 Å². The van der Waals surface area contributed by atoms with Crippen molar-refractivity contribution in [3.05, 3.63) is 69.7 Å². The largest absolute Gasteiger partial charge is 0.495 e. The summed E-state index contributed by atoms with van der Waals surface area (Å²) in [4.78, 5) is 0. The van der Waals surface area contributed by atoms with Crippen LogP contribution in [0.15, 0.2) is 53.0 Å². The molecule has 2 nitrogen and oxygen atoms in total. The van der Waals surface area contributed by atoms with Crippen molar-refractivity contribution in [1.82, 2.24) is 0 Å². The summed E-state index contributed by atoms with van der Waals surface area (Å²) in [5.74, 6) is 1.94. The van der Waals surface area contributed by atoms with Gasteiger partial charge in [0.15, 0.2) is 0 Å². The van der Waals surface area contributed by atoms with Crippen molar-refractivity contribution in [2.24, 2.45) is 5.92 Å². The van der Waals surface area contributed by atoms with Crippen molar-refractivity contribution < 1.29 is 4.74 Å². The van der Waals surface area contributed by atoms with E-state index < -0.39 is 0 Å². The fourth-order valence-corrected chi connectivity index (χ4v) is 4.61. The second-order valence-electron chi connectivity index (χ2n) is 6.37. The number of halogens is 1. The number of allylic oxidation sites excluding steroid dienone is 2. The first-order valence-corrected chi connectivity index (χ1v) is 8.85. The highest BCUT2D eigenvalue weighted by atomic mass is 79.9. The average Bonchev–Trinajstić information content (AvgIpc) is 3.04. The van der Waals surface area contributed by atoms with E-state index in [-0.39, 0.29) is 6.04 Å². The van der Waals surface area contributed by atoms with E-state index >= 15 is 0 Å². The number of hydrogen-bond donors (Lipinski definition) is 1. The van der Waals surface area contributed by atoms with Gasteiger partial charge >= 0.3 is 0 Å². The Morgan fingerprint density at radius 1 is 1.17 bits per heavy atom. The maximum Gasteiger partial charge on any atom is 0.142 e. The van der Waals surface area contributed by atoms with Crippen LogP contribution >= 0.6 is 15.9 Å². The van der Waals surface area contributed by atoms with Gasteiger partial charge in [-0.15, -0.1) is 0 Å². The monoisotopic (exact) mass is 369 g/mol. The molecule has 0 aromatic heterocycles. The second-order valence-corrected chi connectivity index (χ2v) is 7.22. The molecule has 0 spiro atoms. The number of fused-ring (bicyclic) bond motifs is 3. The van der Waals surface area contributed by atoms with E-state index in [1.807, 2.05) is 0 Å². The van der Waals surface area contributed by atoms with Gasteiger partial charge in [-0.3, -0.25) is 0 Å². The maximum atomic E-state index is 5.63. The highest BCUT2D eigenvalue weighted by Crippen LogP contribution is 2.53. The van der Waals surface area contributed by atoms with Crippen LogP contribution in [0.4, 0.5) is 5.69 Å². The summed E-state index contributed by atoms with van der Waals surface area (Å²) in [6.45, 7) is 2.20. The zero-order valence-electron chi connectivity index (χ0n) is 13.3. The van der Waals surface area contributed by atoms with Gasteiger partial charge < -0.3 is 10.1 Å². The van der Waals surface area contributed by atoms with E-state index in [1.54, 1.807) is 7.11 Å². The normalized spacial score (nSPS) is 24.7. The van der Waals surface area contributed by atoms with E-state index in [2.05, 4.69) is 76.7 Å². The van der Waals surface area contributed by atoms with Crippen LogP contribution < -0.4 is 10.1 Å². The Morgan fingerprint density at radius 2 is 2.00 bits per heavy atom. The molecule has 3 heteroatoms. The molecular formula is C20H20BrNO. The predicted molar refractivity (Wildman–Crippen MR) is 98.2 cm³/mol. The third kappa shape index (κ3) is 2.29. The van der Waals surface area contributed by atoms with E-state index in [1.165, 1.54) is 21.2 Å². The molecule has 4 rings (SSSR count). The Bertz CT molecular complexity index is 783. The molecule has 0 bridgehead atoms. The van der Waals surface area contributed by atoms with Gasteiger partial charge in [0.25, 0.3) is 0 Å². The van der Waals surface area contributed by atoms with Crippen molar-refractivity contribution >= 4 is 21.6 Å². The Morgan fingerprint density at radius 3 is 2.78 bits per heavy atom. The summed E-state index contributed by atoms with van der Waals surface area (Å²) in [6.07, 6.45) is 5.81. The van der Waals surface area contributed by atoms with Crippen molar-refractivity contribution in [2.75, 3.05) is 12.4 Å². The van der Waals surface area contributed by atoms with Crippen LogP contribution in [0.25, 0.3) is 0 Å². The van der Waals surface area contributed by atoms with Crippen LogP contribution in [0.5, 0.6) is 5.75 Å². The standard InChI is InChI=1S/C20H20BrNO/c1-12-10-11-17(23-2)20-18(12)13-7-5-8-14(13)19(22-20)15-6-3-4-9-16(15)21/h3-7,9-11,13-14,19,22H,8H2,1-2H3/t13-,14-,19+/m1/s1. The fraction of sp³-hybridized carbons (Fsp3) is 0.300. The van der Waals surface area contributed by atoms with Crippen LogP contribution in [0.2, 0.25) is 0 Å². The topological polar surface area (TPSA) is 21.3 Å². The van der Waals surface area contributed by atoms with Crippen molar-refractivity contribution in [2.45, 2.75) is 25.3 Å². The SMILES string of the molecule is COc1ccc(C)c2c1N[C@H](c1ccccc1Br)[C@@H]1CC=C[C@@H]21. The summed E-state index contributed by atoms with van der Waals surface area (Å²) >= 11 is 3.73. The zero-order chi connectivity index (χ0) is 16.0. The van der Waals surface area contributed by atoms with Crippen molar-refractivity contribution in [3.63, 3.8) is 0 Å². The first-order chi connectivity index (χ1) is 11.2. The lowest BCUT2D eigenvalue weighted by molar-refractivity contribution is 0.396. The minimum Gasteiger partial charge on any atom is -0.495 e. The second kappa shape index (κ2) is 5.72. The van der Waals surface area contributed by atoms with Gasteiger partial charge in [-0.05, 0) is 48.1 Å². The molecule has 0 unspecified atom stereocenters. The molecular weight excluding hydrogens is 350 g/mol. The first kappa shape index (κ1) is 14.8. The number of hydrogen-bond acceptors (Lipinski definition) is 2. The van der Waals surface area contributed by atoms with Gasteiger partial charge in [0, 0.05) is 10.4 Å². The number of aryl methyl sites for hydroxylation is 1. The molecule has 2 aromatic carbocycles. The van der Waals surface area contributed by atoms with Gasteiger partial charge in [-0.2, -0.15) is 0 Å². The molecule has 1 aliphatic heterocycles. The van der Waals surface area contributed by atoms with Gasteiger partial charge in [0.05, 0.1) is 18.8 Å². The quantitative estimate of drug-likeness (QED) is 0.696. The summed E-state index contributed by atoms with van der Waals surface area (Å²) in [5.41, 5.74) is 5.20. The minimum atomic E-state index is 0.286. The smallest absolute Gasteiger partial charge is 0.142 e. The maximum absolute atomic E-state index is 5.63. The van der Waals surface area contributed by atoms with Crippen LogP contribution in [-0.4, -0.2) is 7.11 Å². The molecule has 2 aromatic rings. The van der Waals surface area contributed by atoms with Crippen LogP contribution in [0, 0.1) is 12.8 Å². The molecule has 0 radical (unpaired) electrons. The summed E-state index contributed by atoms with van der Waals surface area (Å²) in [5, 5.41) is 3.79. The van der Waals surface area contributed by atoms with E-state index in [9.17, 15) is 0 Å². The molecule has 23 heavy (non-hydrogen) atoms. The van der Waals surface area contributed by atoms with E-state index in [0.29, 0.717) is 11.8 Å². The van der Waals surface area contributed by atoms with Gasteiger partial charge in [-0.1, -0.05) is 52.3 Å². The molecule has 3 atom stereocenters. The number of anilines is 1. The van der Waals surface area contributed by atoms with Crippen molar-refractivity contribution in [1.29, 1.82) is 0 Å². The van der Waals surface area contributed by atoms with Gasteiger partial charge in [-0.25, -0.2) is 0 Å². The molecule has 1 heterocycles. The summed E-state index contributed by atoms with van der Waals surface area (Å²) in [7, 11) is 1.75. The Kier molecular flexibility index (Phi) is 3.68. The molecule has 1 aliphatic carbocycles. The number of nitrogens with one attached hydrogen (secondary N) is 1. The number of rotatable bonds is 2. The number of ether oxygens (including phenoxy) is 1. The van der Waals surface area contributed by atoms with Gasteiger partial charge in [0.2, 0.25) is 0 Å². The summed E-state index contributed by atoms with van der Waals surface area (Å²) in [6, 6.07) is 13.0. The lowest BCUT2D eigenvalue weighted by Crippen LogP contribution is -2.30. The average molecular weight is 370 g/mol. The molecule has 0 saturated carbocycles. The Balaban J connectivity index is 1.88. The van der Waals surface area contributed by atoms with Crippen molar-refractivity contribution in [3.8, 4) is 5.75 Å². The number of benzene rings is 2. The fourth-order valence-electron chi connectivity index (χ4n) is 4.08. The zero-order valence-corrected chi connectivity index (χ0v) is 14.9. The van der Waals surface area contributed by atoms with Gasteiger partial charge in [0.1, 0.15) is 5.75 Å². The van der Waals surface area contributed by atoms with E-state index in [4.69, 9.17) is 4.74 Å². The highest BCUT2D eigenvalue weighted by Gasteiger charge is 2.40. The molecule has 0 fully saturated rings. The molecule has 0 saturated heterocycles. The molecule has 2 aliphatic rings. The predicted octanol–water partition coefficient (Wildman–Crippen LogP) is 5.59. The third-order valence-corrected chi connectivity index (χ3v) is 5.88. The Labute approximate surface area is 145 Å². The summed E-state index contributed by atoms with van der Waals surface area (Å²) < 4.78 is 6.80. The first-order valence-electron chi connectivity index (χ1n) is 8.06. The number of methoxy groups -OCH3 is 1. The third-order valence-electron chi connectivity index (χ3n) is 5.16. The molecule has 118 valence electrons. The van der Waals surface area contributed by atoms with Crippen LogP contribution in [0.3, 0.4) is 0 Å². The van der Waals surface area contributed by atoms with Crippen LogP contribution in [0.1, 0.15) is 35.1 Å². The lowest BCUT2D eigenvalue weighted by atomic mass is 9.75. The lowest BCUT2D eigenvalue weighted by Gasteiger charge is -2.39. The molecule has 0 amide bonds. The molecule has 1 N–H and O–H groups in total. The highest BCUT2D eigenvalue weighted by molar-refractivity contribution is 9.10. The van der Waals surface area contributed by atoms with E-state index in [0.717, 1.165) is 17.9 Å².